The van der Waals surface area contributed by atoms with Crippen LogP contribution in [0.15, 0.2) is 0 Å². The van der Waals surface area contributed by atoms with E-state index >= 15 is 0 Å². The van der Waals surface area contributed by atoms with Gasteiger partial charge in [0.05, 0.1) is 6.10 Å². The van der Waals surface area contributed by atoms with E-state index in [9.17, 15) is 0 Å². The van der Waals surface area contributed by atoms with E-state index in [0.717, 1.165) is 19.4 Å². The van der Waals surface area contributed by atoms with Crippen LogP contribution in [0.3, 0.4) is 0 Å². The molecule has 1 aliphatic heterocycles. The maximum absolute atomic E-state index is 9.12. The highest BCUT2D eigenvalue weighted by Crippen LogP contribution is 2.12. The zero-order valence-electron chi connectivity index (χ0n) is 10.4. The van der Waals surface area contributed by atoms with Gasteiger partial charge >= 0.3 is 0 Å². The summed E-state index contributed by atoms with van der Waals surface area (Å²) in [6.07, 6.45) is 3.11. The van der Waals surface area contributed by atoms with Crippen LogP contribution in [0.1, 0.15) is 40.0 Å². The molecule has 3 heteroatoms. The normalized spacial score (nSPS) is 25.0. The average molecular weight is 214 g/mol. The van der Waals surface area contributed by atoms with E-state index in [2.05, 4.69) is 24.1 Å². The standard InChI is InChI=1S/C12H26N2O/c1-10(2)14-8-6-12(9-14)13-7-4-5-11(3)15/h10-13,15H,4-9H2,1-3H3. The Kier molecular flexibility index (Phi) is 5.58. The second kappa shape index (κ2) is 6.46. The number of nitrogens with one attached hydrogen (secondary N) is 1. The van der Waals surface area contributed by atoms with Crippen LogP contribution >= 0.6 is 0 Å². The molecule has 0 spiro atoms. The average Bonchev–Trinajstić information content (AvgIpc) is 2.60. The minimum Gasteiger partial charge on any atom is -0.393 e. The van der Waals surface area contributed by atoms with Crippen LogP contribution in [0, 0.1) is 0 Å². The molecule has 0 aromatic heterocycles. The van der Waals surface area contributed by atoms with E-state index in [-0.39, 0.29) is 6.10 Å². The van der Waals surface area contributed by atoms with Crippen molar-refractivity contribution in [1.29, 1.82) is 0 Å². The van der Waals surface area contributed by atoms with Crippen molar-refractivity contribution in [2.24, 2.45) is 0 Å². The first-order chi connectivity index (χ1) is 7.09. The first kappa shape index (κ1) is 12.9. The van der Waals surface area contributed by atoms with Gasteiger partial charge in [0.2, 0.25) is 0 Å². The number of nitrogens with zero attached hydrogens (tertiary/aromatic N) is 1. The van der Waals surface area contributed by atoms with Crippen LogP contribution in [-0.4, -0.2) is 47.8 Å². The molecule has 90 valence electrons. The largest absolute Gasteiger partial charge is 0.393 e. The highest BCUT2D eigenvalue weighted by atomic mass is 16.3. The smallest absolute Gasteiger partial charge is 0.0512 e. The Morgan fingerprint density at radius 1 is 1.40 bits per heavy atom. The third-order valence-electron chi connectivity index (χ3n) is 3.18. The van der Waals surface area contributed by atoms with E-state index in [4.69, 9.17) is 5.11 Å². The molecule has 2 atom stereocenters. The molecule has 1 heterocycles. The molecule has 0 bridgehead atoms. The van der Waals surface area contributed by atoms with Crippen molar-refractivity contribution >= 4 is 0 Å². The predicted molar refractivity (Wildman–Crippen MR) is 64.0 cm³/mol. The van der Waals surface area contributed by atoms with Gasteiger partial charge in [0.25, 0.3) is 0 Å². The number of hydrogen-bond donors (Lipinski definition) is 2. The maximum atomic E-state index is 9.12. The van der Waals surface area contributed by atoms with Crippen molar-refractivity contribution in [1.82, 2.24) is 10.2 Å². The molecule has 1 aliphatic rings. The van der Waals surface area contributed by atoms with Gasteiger partial charge in [0.1, 0.15) is 0 Å². The minimum atomic E-state index is -0.150. The molecule has 2 N–H and O–H groups in total. The van der Waals surface area contributed by atoms with Gasteiger partial charge in [-0.2, -0.15) is 0 Å². The summed E-state index contributed by atoms with van der Waals surface area (Å²) in [6.45, 7) is 9.83. The predicted octanol–water partition coefficient (Wildman–Crippen LogP) is 1.22. The van der Waals surface area contributed by atoms with Crippen molar-refractivity contribution in [2.45, 2.75) is 58.2 Å². The fraction of sp³-hybridized carbons (Fsp3) is 1.00. The second-order valence-corrected chi connectivity index (χ2v) is 5.02. The lowest BCUT2D eigenvalue weighted by molar-refractivity contribution is 0.180. The number of hydrogen-bond acceptors (Lipinski definition) is 3. The van der Waals surface area contributed by atoms with Crippen molar-refractivity contribution in [3.05, 3.63) is 0 Å². The van der Waals surface area contributed by atoms with Crippen LogP contribution in [0.25, 0.3) is 0 Å². The Hall–Kier alpha value is -0.120. The first-order valence-corrected chi connectivity index (χ1v) is 6.25. The van der Waals surface area contributed by atoms with Gasteiger partial charge in [-0.25, -0.2) is 0 Å². The van der Waals surface area contributed by atoms with Crippen LogP contribution in [0.4, 0.5) is 0 Å². The van der Waals surface area contributed by atoms with Gasteiger partial charge in [-0.1, -0.05) is 0 Å². The fourth-order valence-electron chi connectivity index (χ4n) is 2.13. The molecule has 1 saturated heterocycles. The van der Waals surface area contributed by atoms with Gasteiger partial charge in [0, 0.05) is 18.6 Å². The molecular formula is C12H26N2O. The molecule has 0 aromatic carbocycles. The van der Waals surface area contributed by atoms with Gasteiger partial charge in [-0.15, -0.1) is 0 Å². The number of likely N-dealkylation sites (tertiary alicyclic amines) is 1. The molecule has 0 aromatic rings. The molecule has 0 aliphatic carbocycles. The van der Waals surface area contributed by atoms with Crippen LogP contribution < -0.4 is 5.32 Å². The topological polar surface area (TPSA) is 35.5 Å². The van der Waals surface area contributed by atoms with Crippen LogP contribution in [0.5, 0.6) is 0 Å². The Balaban J connectivity index is 2.04. The van der Waals surface area contributed by atoms with E-state index in [0.29, 0.717) is 12.1 Å². The highest BCUT2D eigenvalue weighted by Gasteiger charge is 2.23. The monoisotopic (exact) mass is 214 g/mol. The van der Waals surface area contributed by atoms with Gasteiger partial charge in [-0.05, 0) is 53.1 Å². The quantitative estimate of drug-likeness (QED) is 0.653. The van der Waals surface area contributed by atoms with Crippen molar-refractivity contribution in [3.63, 3.8) is 0 Å². The molecule has 3 nitrogen and oxygen atoms in total. The summed E-state index contributed by atoms with van der Waals surface area (Å²) in [5.41, 5.74) is 0. The molecule has 1 rings (SSSR count). The Bertz CT molecular complexity index is 171. The minimum absolute atomic E-state index is 0.150. The summed E-state index contributed by atoms with van der Waals surface area (Å²) in [4.78, 5) is 2.52. The summed E-state index contributed by atoms with van der Waals surface area (Å²) in [5.74, 6) is 0. The SMILES string of the molecule is CC(O)CCCNC1CCN(C(C)C)C1. The first-order valence-electron chi connectivity index (χ1n) is 6.25. The summed E-state index contributed by atoms with van der Waals surface area (Å²) < 4.78 is 0. The molecule has 0 amide bonds. The van der Waals surface area contributed by atoms with Gasteiger partial charge < -0.3 is 10.4 Å². The summed E-state index contributed by atoms with van der Waals surface area (Å²) in [7, 11) is 0. The van der Waals surface area contributed by atoms with Gasteiger partial charge in [-0.3, -0.25) is 4.90 Å². The van der Waals surface area contributed by atoms with E-state index < -0.39 is 0 Å². The third kappa shape index (κ3) is 4.96. The van der Waals surface area contributed by atoms with E-state index in [1.807, 2.05) is 6.92 Å². The van der Waals surface area contributed by atoms with Crippen molar-refractivity contribution in [3.8, 4) is 0 Å². The summed E-state index contributed by atoms with van der Waals surface area (Å²) in [6, 6.07) is 1.34. The highest BCUT2D eigenvalue weighted by molar-refractivity contribution is 4.82. The molecule has 2 unspecified atom stereocenters. The lowest BCUT2D eigenvalue weighted by Gasteiger charge is -2.20. The molecule has 15 heavy (non-hydrogen) atoms. The second-order valence-electron chi connectivity index (χ2n) is 5.02. The number of aliphatic hydroxyl groups excluding tert-OH is 1. The summed E-state index contributed by atoms with van der Waals surface area (Å²) >= 11 is 0. The van der Waals surface area contributed by atoms with Crippen molar-refractivity contribution in [2.75, 3.05) is 19.6 Å². The van der Waals surface area contributed by atoms with Crippen LogP contribution in [0.2, 0.25) is 0 Å². The Morgan fingerprint density at radius 3 is 2.67 bits per heavy atom. The molecule has 0 saturated carbocycles. The molecule has 0 radical (unpaired) electrons. The fourth-order valence-corrected chi connectivity index (χ4v) is 2.13. The van der Waals surface area contributed by atoms with Crippen molar-refractivity contribution < 1.29 is 5.11 Å². The lowest BCUT2D eigenvalue weighted by atomic mass is 10.2. The van der Waals surface area contributed by atoms with E-state index in [1.54, 1.807) is 0 Å². The summed E-state index contributed by atoms with van der Waals surface area (Å²) in [5, 5.41) is 12.7. The number of rotatable bonds is 6. The lowest BCUT2D eigenvalue weighted by Crippen LogP contribution is -2.35. The van der Waals surface area contributed by atoms with Crippen LogP contribution in [-0.2, 0) is 0 Å². The third-order valence-corrected chi connectivity index (χ3v) is 3.18. The number of aliphatic hydroxyl groups is 1. The zero-order valence-corrected chi connectivity index (χ0v) is 10.4. The van der Waals surface area contributed by atoms with Gasteiger partial charge in [0.15, 0.2) is 0 Å². The van der Waals surface area contributed by atoms with E-state index in [1.165, 1.54) is 19.5 Å². The molecular weight excluding hydrogens is 188 g/mol. The zero-order chi connectivity index (χ0) is 11.3. The Morgan fingerprint density at radius 2 is 2.13 bits per heavy atom. The molecule has 1 fully saturated rings. The Labute approximate surface area is 93.9 Å². The maximum Gasteiger partial charge on any atom is 0.0512 e.